The highest BCUT2D eigenvalue weighted by Crippen LogP contribution is 2.10. The molecule has 1 rings (SSSR count). The summed E-state index contributed by atoms with van der Waals surface area (Å²) < 4.78 is 5.53. The molecule has 0 atom stereocenters. The van der Waals surface area contributed by atoms with Gasteiger partial charge in [0.1, 0.15) is 0 Å². The lowest BCUT2D eigenvalue weighted by atomic mass is 10.1. The van der Waals surface area contributed by atoms with Crippen LogP contribution in [0.2, 0.25) is 0 Å². The second kappa shape index (κ2) is 6.40. The van der Waals surface area contributed by atoms with Gasteiger partial charge in [-0.25, -0.2) is 0 Å². The number of nitrogens with one attached hydrogen (secondary N) is 2. The van der Waals surface area contributed by atoms with Crippen LogP contribution in [0.5, 0.6) is 0 Å². The van der Waals surface area contributed by atoms with Crippen LogP contribution < -0.4 is 10.6 Å². The largest absolute Gasteiger partial charge is 0.388 e. The molecule has 4 heteroatoms. The van der Waals surface area contributed by atoms with Gasteiger partial charge in [-0.05, 0) is 45.0 Å². The van der Waals surface area contributed by atoms with E-state index in [-0.39, 0.29) is 11.5 Å². The molecule has 0 aliphatic carbocycles. The molecule has 4 nitrogen and oxygen atoms in total. The predicted octanol–water partition coefficient (Wildman–Crippen LogP) is 2.27. The summed E-state index contributed by atoms with van der Waals surface area (Å²) in [6.07, 6.45) is 0. The summed E-state index contributed by atoms with van der Waals surface area (Å²) >= 11 is 0. The summed E-state index contributed by atoms with van der Waals surface area (Å²) in [5.74, 6) is -0.0783. The van der Waals surface area contributed by atoms with Crippen molar-refractivity contribution in [1.29, 1.82) is 0 Å². The van der Waals surface area contributed by atoms with Gasteiger partial charge in [0.2, 0.25) is 0 Å². The van der Waals surface area contributed by atoms with Crippen LogP contribution in [0, 0.1) is 0 Å². The number of carbonyl (C=O) groups is 1. The number of ether oxygens (including phenoxy) is 1. The number of carbonyl (C=O) groups excluding carboxylic acids is 1. The molecule has 0 radical (unpaired) electrons. The molecule has 1 aromatic carbocycles. The molecule has 2 N–H and O–H groups in total. The lowest BCUT2D eigenvalue weighted by Gasteiger charge is -2.24. The van der Waals surface area contributed by atoms with Crippen LogP contribution in [-0.4, -0.2) is 31.7 Å². The van der Waals surface area contributed by atoms with E-state index in [9.17, 15) is 4.79 Å². The topological polar surface area (TPSA) is 50.4 Å². The Kier molecular flexibility index (Phi) is 5.16. The zero-order valence-corrected chi connectivity index (χ0v) is 11.5. The minimum Gasteiger partial charge on any atom is -0.388 e. The van der Waals surface area contributed by atoms with Crippen LogP contribution in [0.1, 0.15) is 31.1 Å². The molecule has 18 heavy (non-hydrogen) atoms. The third-order valence-electron chi connectivity index (χ3n) is 2.65. The van der Waals surface area contributed by atoms with E-state index in [2.05, 4.69) is 10.6 Å². The van der Waals surface area contributed by atoms with E-state index < -0.39 is 0 Å². The van der Waals surface area contributed by atoms with Crippen molar-refractivity contribution in [3.63, 3.8) is 0 Å². The van der Waals surface area contributed by atoms with E-state index in [0.717, 1.165) is 5.69 Å². The van der Waals surface area contributed by atoms with Gasteiger partial charge in [-0.15, -0.1) is 0 Å². The van der Waals surface area contributed by atoms with E-state index in [1.54, 1.807) is 12.1 Å². The van der Waals surface area contributed by atoms with Crippen molar-refractivity contribution in [3.05, 3.63) is 29.8 Å². The molecule has 0 aliphatic rings. The normalized spacial score (nSPS) is 11.1. The standard InChI is InChI=1S/C14H22N2O2/c1-5-18-14(2,3)10-16-13(17)11-6-8-12(15-4)9-7-11/h6-9,15H,5,10H2,1-4H3,(H,16,17). The Bertz CT molecular complexity index is 385. The fourth-order valence-corrected chi connectivity index (χ4v) is 1.63. The maximum Gasteiger partial charge on any atom is 0.251 e. The molecule has 0 bridgehead atoms. The third-order valence-corrected chi connectivity index (χ3v) is 2.65. The molecular formula is C14H22N2O2. The van der Waals surface area contributed by atoms with Crippen LogP contribution in [0.4, 0.5) is 5.69 Å². The summed E-state index contributed by atoms with van der Waals surface area (Å²) in [5.41, 5.74) is 1.30. The first-order valence-electron chi connectivity index (χ1n) is 6.18. The molecule has 0 spiro atoms. The number of hydrogen-bond donors (Lipinski definition) is 2. The van der Waals surface area contributed by atoms with E-state index in [1.807, 2.05) is 40.0 Å². The maximum absolute atomic E-state index is 11.9. The van der Waals surface area contributed by atoms with Crippen LogP contribution in [0.25, 0.3) is 0 Å². The Hall–Kier alpha value is -1.55. The van der Waals surface area contributed by atoms with Crippen LogP contribution in [0.15, 0.2) is 24.3 Å². The first kappa shape index (κ1) is 14.5. The van der Waals surface area contributed by atoms with Crippen molar-refractivity contribution in [2.24, 2.45) is 0 Å². The summed E-state index contributed by atoms with van der Waals surface area (Å²) in [7, 11) is 1.85. The highest BCUT2D eigenvalue weighted by Gasteiger charge is 2.18. The van der Waals surface area contributed by atoms with Gasteiger partial charge in [-0.1, -0.05) is 0 Å². The molecule has 0 saturated carbocycles. The summed E-state index contributed by atoms with van der Waals surface area (Å²) in [5, 5.41) is 5.89. The van der Waals surface area contributed by atoms with Gasteiger partial charge in [0.05, 0.1) is 5.60 Å². The van der Waals surface area contributed by atoms with Gasteiger partial charge in [0.25, 0.3) is 5.91 Å². The molecule has 0 aromatic heterocycles. The van der Waals surface area contributed by atoms with Crippen molar-refractivity contribution in [2.45, 2.75) is 26.4 Å². The fraction of sp³-hybridized carbons (Fsp3) is 0.500. The first-order valence-corrected chi connectivity index (χ1v) is 6.18. The van der Waals surface area contributed by atoms with E-state index >= 15 is 0 Å². The van der Waals surface area contributed by atoms with Gasteiger partial charge >= 0.3 is 0 Å². The molecule has 100 valence electrons. The van der Waals surface area contributed by atoms with Crippen LogP contribution in [0.3, 0.4) is 0 Å². The minimum absolute atomic E-state index is 0.0783. The quantitative estimate of drug-likeness (QED) is 0.814. The zero-order valence-electron chi connectivity index (χ0n) is 11.5. The van der Waals surface area contributed by atoms with E-state index in [0.29, 0.717) is 18.7 Å². The molecule has 0 fully saturated rings. The van der Waals surface area contributed by atoms with Gasteiger partial charge in [0.15, 0.2) is 0 Å². The minimum atomic E-state index is -0.338. The van der Waals surface area contributed by atoms with E-state index in [1.165, 1.54) is 0 Å². The molecular weight excluding hydrogens is 228 g/mol. The second-order valence-electron chi connectivity index (χ2n) is 4.70. The summed E-state index contributed by atoms with van der Waals surface area (Å²) in [6.45, 7) is 7.00. The fourth-order valence-electron chi connectivity index (χ4n) is 1.63. The average molecular weight is 250 g/mol. The van der Waals surface area contributed by atoms with Crippen LogP contribution in [-0.2, 0) is 4.74 Å². The van der Waals surface area contributed by atoms with Gasteiger partial charge in [-0.2, -0.15) is 0 Å². The first-order chi connectivity index (χ1) is 8.48. The van der Waals surface area contributed by atoms with Gasteiger partial charge in [0, 0.05) is 31.5 Å². The molecule has 0 unspecified atom stereocenters. The van der Waals surface area contributed by atoms with Crippen molar-refractivity contribution in [1.82, 2.24) is 5.32 Å². The Labute approximate surface area is 109 Å². The van der Waals surface area contributed by atoms with Crippen molar-refractivity contribution in [3.8, 4) is 0 Å². The monoisotopic (exact) mass is 250 g/mol. The highest BCUT2D eigenvalue weighted by molar-refractivity contribution is 5.94. The van der Waals surface area contributed by atoms with Gasteiger partial charge in [-0.3, -0.25) is 4.79 Å². The molecule has 0 saturated heterocycles. The lowest BCUT2D eigenvalue weighted by molar-refractivity contribution is -0.00815. The smallest absolute Gasteiger partial charge is 0.251 e. The number of benzene rings is 1. The van der Waals surface area contributed by atoms with Crippen molar-refractivity contribution < 1.29 is 9.53 Å². The molecule has 0 heterocycles. The Morgan fingerprint density at radius 3 is 2.39 bits per heavy atom. The summed E-state index contributed by atoms with van der Waals surface area (Å²) in [4.78, 5) is 11.9. The van der Waals surface area contributed by atoms with Crippen molar-refractivity contribution >= 4 is 11.6 Å². The van der Waals surface area contributed by atoms with Crippen LogP contribution >= 0.6 is 0 Å². The zero-order chi connectivity index (χ0) is 13.6. The Balaban J connectivity index is 2.54. The summed E-state index contributed by atoms with van der Waals surface area (Å²) in [6, 6.07) is 7.36. The SMILES string of the molecule is CCOC(C)(C)CNC(=O)c1ccc(NC)cc1. The van der Waals surface area contributed by atoms with Crippen molar-refractivity contribution in [2.75, 3.05) is 25.5 Å². The third kappa shape index (κ3) is 4.37. The molecule has 1 amide bonds. The average Bonchev–Trinajstić information content (AvgIpc) is 2.36. The number of rotatable bonds is 6. The highest BCUT2D eigenvalue weighted by atomic mass is 16.5. The maximum atomic E-state index is 11.9. The lowest BCUT2D eigenvalue weighted by Crippen LogP contribution is -2.40. The number of amides is 1. The van der Waals surface area contributed by atoms with E-state index in [4.69, 9.17) is 4.74 Å². The van der Waals surface area contributed by atoms with Gasteiger partial charge < -0.3 is 15.4 Å². The second-order valence-corrected chi connectivity index (χ2v) is 4.70. The Morgan fingerprint density at radius 1 is 1.28 bits per heavy atom. The number of anilines is 1. The number of hydrogen-bond acceptors (Lipinski definition) is 3. The predicted molar refractivity (Wildman–Crippen MR) is 74.0 cm³/mol. The molecule has 1 aromatic rings. The molecule has 0 aliphatic heterocycles. The Morgan fingerprint density at radius 2 is 1.89 bits per heavy atom.